The summed E-state index contributed by atoms with van der Waals surface area (Å²) in [7, 11) is 2.19. The first-order valence-electron chi connectivity index (χ1n) is 13.9. The number of nitrogens with zero attached hydrogens (tertiary/aromatic N) is 4. The number of likely N-dealkylation sites (tertiary alicyclic amines) is 1. The zero-order valence-electron chi connectivity index (χ0n) is 22.5. The van der Waals surface area contributed by atoms with Crippen molar-refractivity contribution in [3.63, 3.8) is 0 Å². The first-order chi connectivity index (χ1) is 18.1. The molecule has 5 rings (SSSR count). The summed E-state index contributed by atoms with van der Waals surface area (Å²) in [4.78, 5) is 2.40. The maximum absolute atomic E-state index is 14.3. The van der Waals surface area contributed by atoms with Crippen LogP contribution in [-0.2, 0) is 0 Å². The topological polar surface area (TPSA) is 56.9 Å². The number of anilines is 1. The van der Waals surface area contributed by atoms with Gasteiger partial charge in [0.25, 0.3) is 0 Å². The number of halogens is 1. The summed E-state index contributed by atoms with van der Waals surface area (Å²) in [6.45, 7) is 7.21. The van der Waals surface area contributed by atoms with E-state index in [4.69, 9.17) is 10.4 Å². The molecule has 196 valence electrons. The molecule has 37 heavy (non-hydrogen) atoms. The van der Waals surface area contributed by atoms with Crippen LogP contribution in [0.5, 0.6) is 0 Å². The summed E-state index contributed by atoms with van der Waals surface area (Å²) in [5, 5.41) is 17.6. The number of nitrogens with one attached hydrogen (secondary N) is 1. The van der Waals surface area contributed by atoms with Gasteiger partial charge in [-0.3, -0.25) is 0 Å². The third-order valence-corrected chi connectivity index (χ3v) is 7.72. The van der Waals surface area contributed by atoms with E-state index in [2.05, 4.69) is 41.5 Å². The van der Waals surface area contributed by atoms with E-state index >= 15 is 0 Å². The number of hydrogen-bond donors (Lipinski definition) is 1. The molecule has 0 atom stereocenters. The highest BCUT2D eigenvalue weighted by Crippen LogP contribution is 2.31. The van der Waals surface area contributed by atoms with Gasteiger partial charge in [0, 0.05) is 18.2 Å². The molecule has 2 aromatic carbocycles. The average molecular weight is 502 g/mol. The van der Waals surface area contributed by atoms with Crippen molar-refractivity contribution in [2.24, 2.45) is 5.92 Å². The Hall–Kier alpha value is -3.17. The van der Waals surface area contributed by atoms with Crippen LogP contribution >= 0.6 is 0 Å². The molecular formula is C31H40FN5. The first kappa shape index (κ1) is 26.9. The van der Waals surface area contributed by atoms with E-state index in [-0.39, 0.29) is 5.56 Å². The normalized spacial score (nSPS) is 17.1. The molecule has 3 aromatic rings. The van der Waals surface area contributed by atoms with Crippen LogP contribution in [0.3, 0.4) is 0 Å². The maximum Gasteiger partial charge on any atom is 0.141 e. The summed E-state index contributed by atoms with van der Waals surface area (Å²) >= 11 is 0. The summed E-state index contributed by atoms with van der Waals surface area (Å²) in [6, 6.07) is 17.3. The molecule has 0 unspecified atom stereocenters. The number of benzene rings is 2. The van der Waals surface area contributed by atoms with Crippen LogP contribution in [-0.4, -0.2) is 41.4 Å². The minimum absolute atomic E-state index is 0.0494. The Labute approximate surface area is 221 Å². The summed E-state index contributed by atoms with van der Waals surface area (Å²) in [5.41, 5.74) is 3.80. The lowest BCUT2D eigenvalue weighted by molar-refractivity contribution is 0.255. The van der Waals surface area contributed by atoms with Gasteiger partial charge in [0.2, 0.25) is 0 Å². The van der Waals surface area contributed by atoms with Crippen molar-refractivity contribution in [1.29, 1.82) is 5.26 Å². The Bertz CT molecular complexity index is 1180. The van der Waals surface area contributed by atoms with Gasteiger partial charge in [0.05, 0.1) is 16.9 Å². The fourth-order valence-electron chi connectivity index (χ4n) is 5.48. The van der Waals surface area contributed by atoms with Crippen molar-refractivity contribution in [3.8, 4) is 23.0 Å². The highest BCUT2D eigenvalue weighted by atomic mass is 19.1. The summed E-state index contributed by atoms with van der Waals surface area (Å²) in [6.07, 6.45) is 8.87. The van der Waals surface area contributed by atoms with Crippen LogP contribution in [0, 0.1) is 23.1 Å². The van der Waals surface area contributed by atoms with Crippen molar-refractivity contribution in [3.05, 3.63) is 65.5 Å². The van der Waals surface area contributed by atoms with Crippen LogP contribution in [0.1, 0.15) is 75.8 Å². The second kappa shape index (κ2) is 12.9. The van der Waals surface area contributed by atoms with Crippen molar-refractivity contribution in [2.75, 3.05) is 32.0 Å². The van der Waals surface area contributed by atoms with E-state index in [0.717, 1.165) is 31.1 Å². The summed E-state index contributed by atoms with van der Waals surface area (Å²) in [5.74, 6) is 1.69. The maximum atomic E-state index is 14.3. The minimum Gasteiger partial charge on any atom is -0.370 e. The fourth-order valence-corrected chi connectivity index (χ4v) is 5.48. The predicted molar refractivity (Wildman–Crippen MR) is 150 cm³/mol. The largest absolute Gasteiger partial charge is 0.370 e. The fraction of sp³-hybridized carbons (Fsp3) is 0.484. The molecule has 1 aliphatic heterocycles. The number of rotatable bonds is 6. The van der Waals surface area contributed by atoms with Gasteiger partial charge in [-0.15, -0.1) is 0 Å². The molecule has 1 saturated carbocycles. The molecule has 0 amide bonds. The highest BCUT2D eigenvalue weighted by molar-refractivity contribution is 5.65. The Morgan fingerprint density at radius 2 is 1.68 bits per heavy atom. The molecule has 1 aliphatic carbocycles. The van der Waals surface area contributed by atoms with Gasteiger partial charge < -0.3 is 10.2 Å². The van der Waals surface area contributed by atoms with E-state index in [1.165, 1.54) is 62.6 Å². The molecule has 2 aliphatic rings. The van der Waals surface area contributed by atoms with E-state index < -0.39 is 5.82 Å². The molecule has 0 bridgehead atoms. The lowest BCUT2D eigenvalue weighted by atomic mass is 9.89. The Balaban J connectivity index is 0.00000156. The second-order valence-corrected chi connectivity index (χ2v) is 10.2. The molecule has 2 heterocycles. The third-order valence-electron chi connectivity index (χ3n) is 7.72. The molecule has 2 fully saturated rings. The number of nitriles is 1. The monoisotopic (exact) mass is 501 g/mol. The Kier molecular flexibility index (Phi) is 9.35. The van der Waals surface area contributed by atoms with Crippen LogP contribution < -0.4 is 5.32 Å². The standard InChI is InChI=1S/C29H34FN5.C2H6/c1-34-15-13-23(14-16-34)22-9-11-26(12-10-22)35-29(32-20-21-5-3-2-4-6-21)18-28(33-35)24-7-8-25(19-31)27(30)17-24;1-2/h7-12,17-18,21,23,32H,2-6,13-16,20H2,1H3;1-2H3. The molecule has 0 spiro atoms. The molecule has 6 heteroatoms. The highest BCUT2D eigenvalue weighted by Gasteiger charge is 2.20. The molecule has 1 aromatic heterocycles. The van der Waals surface area contributed by atoms with E-state index in [1.807, 2.05) is 30.7 Å². The third kappa shape index (κ3) is 6.59. The second-order valence-electron chi connectivity index (χ2n) is 10.2. The van der Waals surface area contributed by atoms with Gasteiger partial charge in [-0.05, 0) is 87.5 Å². The van der Waals surface area contributed by atoms with Gasteiger partial charge in [-0.1, -0.05) is 51.3 Å². The molecule has 5 nitrogen and oxygen atoms in total. The van der Waals surface area contributed by atoms with Gasteiger partial charge >= 0.3 is 0 Å². The van der Waals surface area contributed by atoms with Gasteiger partial charge in [-0.25, -0.2) is 9.07 Å². The molecule has 1 saturated heterocycles. The van der Waals surface area contributed by atoms with E-state index in [9.17, 15) is 4.39 Å². The number of aromatic nitrogens is 2. The van der Waals surface area contributed by atoms with Crippen molar-refractivity contribution >= 4 is 5.82 Å². The van der Waals surface area contributed by atoms with Crippen molar-refractivity contribution in [2.45, 2.75) is 64.7 Å². The molecule has 1 N–H and O–H groups in total. The predicted octanol–water partition coefficient (Wildman–Crippen LogP) is 7.38. The first-order valence-corrected chi connectivity index (χ1v) is 13.9. The number of hydrogen-bond acceptors (Lipinski definition) is 4. The zero-order chi connectivity index (χ0) is 26.2. The molecule has 0 radical (unpaired) electrons. The van der Waals surface area contributed by atoms with E-state index in [0.29, 0.717) is 23.1 Å². The Morgan fingerprint density at radius 3 is 2.32 bits per heavy atom. The quantitative estimate of drug-likeness (QED) is 0.383. The van der Waals surface area contributed by atoms with Crippen LogP contribution in [0.4, 0.5) is 10.2 Å². The van der Waals surface area contributed by atoms with Crippen molar-refractivity contribution < 1.29 is 4.39 Å². The Morgan fingerprint density at radius 1 is 0.973 bits per heavy atom. The zero-order valence-corrected chi connectivity index (χ0v) is 22.5. The summed E-state index contributed by atoms with van der Waals surface area (Å²) < 4.78 is 16.3. The van der Waals surface area contributed by atoms with Crippen LogP contribution in [0.15, 0.2) is 48.5 Å². The van der Waals surface area contributed by atoms with Gasteiger partial charge in [-0.2, -0.15) is 10.4 Å². The molecular weight excluding hydrogens is 461 g/mol. The minimum atomic E-state index is -0.515. The van der Waals surface area contributed by atoms with Gasteiger partial charge in [0.15, 0.2) is 0 Å². The van der Waals surface area contributed by atoms with Crippen LogP contribution in [0.2, 0.25) is 0 Å². The lowest BCUT2D eigenvalue weighted by Gasteiger charge is -2.29. The van der Waals surface area contributed by atoms with Gasteiger partial charge in [0.1, 0.15) is 17.7 Å². The smallest absolute Gasteiger partial charge is 0.141 e. The average Bonchev–Trinajstić information content (AvgIpc) is 3.38. The van der Waals surface area contributed by atoms with Crippen LogP contribution in [0.25, 0.3) is 16.9 Å². The SMILES string of the molecule is CC.CN1CCC(c2ccc(-n3nc(-c4ccc(C#N)c(F)c4)cc3NCC3CCCCC3)cc2)CC1. The lowest BCUT2D eigenvalue weighted by Crippen LogP contribution is -2.29. The van der Waals surface area contributed by atoms with E-state index in [1.54, 1.807) is 6.07 Å². The van der Waals surface area contributed by atoms with Crippen molar-refractivity contribution in [1.82, 2.24) is 14.7 Å². The number of piperidine rings is 1.